The van der Waals surface area contributed by atoms with Crippen LogP contribution in [0.25, 0.3) is 0 Å². The third-order valence-electron chi connectivity index (χ3n) is 1.51. The minimum atomic E-state index is -0.405. The van der Waals surface area contributed by atoms with Crippen molar-refractivity contribution in [1.82, 2.24) is 4.98 Å². The summed E-state index contributed by atoms with van der Waals surface area (Å²) in [4.78, 5) is 14.8. The highest BCUT2D eigenvalue weighted by Gasteiger charge is 2.04. The Hall–Kier alpha value is -1.32. The Labute approximate surface area is 72.0 Å². The van der Waals surface area contributed by atoms with Crippen molar-refractivity contribution >= 4 is 18.7 Å². The Morgan fingerprint density at radius 3 is 2.75 bits per heavy atom. The van der Waals surface area contributed by atoms with Gasteiger partial charge in [-0.3, -0.25) is 0 Å². The quantitative estimate of drug-likeness (QED) is 0.462. The molecule has 0 amide bonds. The van der Waals surface area contributed by atoms with Crippen molar-refractivity contribution in [2.24, 2.45) is 0 Å². The minimum absolute atomic E-state index is 0.336. The Balaban J connectivity index is 2.84. The van der Waals surface area contributed by atoms with Crippen molar-refractivity contribution < 1.29 is 9.53 Å². The molecule has 0 N–H and O–H groups in total. The Bertz CT molecular complexity index is 271. The smallest absolute Gasteiger partial charge is 0.356 e. The third-order valence-corrected chi connectivity index (χ3v) is 1.51. The molecule has 1 aromatic heterocycles. The number of nitrogens with zero attached hydrogens (tertiary/aromatic N) is 1. The summed E-state index contributed by atoms with van der Waals surface area (Å²) in [6, 6.07) is 3.46. The summed E-state index contributed by atoms with van der Waals surface area (Å²) in [5, 5.41) is 0. The van der Waals surface area contributed by atoms with Gasteiger partial charge in [0.1, 0.15) is 13.0 Å². The van der Waals surface area contributed by atoms with Crippen LogP contribution in [0.1, 0.15) is 10.5 Å². The van der Waals surface area contributed by atoms with E-state index in [1.165, 1.54) is 7.11 Å². The number of rotatable bonds is 2. The first-order valence-corrected chi connectivity index (χ1v) is 3.61. The number of carbonyl (C=O) groups is 1. The topological polar surface area (TPSA) is 39.2 Å². The summed E-state index contributed by atoms with van der Waals surface area (Å²) in [6.45, 7) is 1.91. The number of methoxy groups -OCH3 is 1. The van der Waals surface area contributed by atoms with E-state index in [2.05, 4.69) is 9.72 Å². The van der Waals surface area contributed by atoms with E-state index in [1.54, 1.807) is 12.3 Å². The summed E-state index contributed by atoms with van der Waals surface area (Å²) >= 11 is 0. The summed E-state index contributed by atoms with van der Waals surface area (Å²) < 4.78 is 4.50. The maximum Gasteiger partial charge on any atom is 0.356 e. The highest BCUT2D eigenvalue weighted by molar-refractivity contribution is 6.51. The van der Waals surface area contributed by atoms with Gasteiger partial charge in [0.05, 0.1) is 7.11 Å². The van der Waals surface area contributed by atoms with Crippen LogP contribution in [0, 0.1) is 0 Å². The van der Waals surface area contributed by atoms with Gasteiger partial charge in [-0.05, 0) is 6.07 Å². The highest BCUT2D eigenvalue weighted by atomic mass is 16.5. The van der Waals surface area contributed by atoms with Gasteiger partial charge < -0.3 is 4.74 Å². The standard InChI is InChI=1S/C8H9BNO2/c1-9-6-3-4-7(10-5-6)8(11)12-2/h3-5H,1-2H3. The van der Waals surface area contributed by atoms with Gasteiger partial charge in [-0.2, -0.15) is 0 Å². The van der Waals surface area contributed by atoms with Crippen molar-refractivity contribution in [1.29, 1.82) is 0 Å². The SMILES string of the molecule is C[B]c1ccc(C(=O)OC)nc1. The average molecular weight is 162 g/mol. The molecule has 0 unspecified atom stereocenters. The fourth-order valence-electron chi connectivity index (χ4n) is 0.801. The van der Waals surface area contributed by atoms with Crippen molar-refractivity contribution in [2.75, 3.05) is 7.11 Å². The van der Waals surface area contributed by atoms with E-state index >= 15 is 0 Å². The second-order valence-corrected chi connectivity index (χ2v) is 2.26. The summed E-state index contributed by atoms with van der Waals surface area (Å²) in [6.07, 6.45) is 1.63. The van der Waals surface area contributed by atoms with Crippen LogP contribution in [0.4, 0.5) is 0 Å². The Kier molecular flexibility index (Phi) is 2.85. The van der Waals surface area contributed by atoms with E-state index in [4.69, 9.17) is 0 Å². The molecule has 0 fully saturated rings. The molecule has 1 radical (unpaired) electrons. The molecular weight excluding hydrogens is 153 g/mol. The molecule has 0 saturated heterocycles. The van der Waals surface area contributed by atoms with Crippen LogP contribution >= 0.6 is 0 Å². The van der Waals surface area contributed by atoms with E-state index in [-0.39, 0.29) is 0 Å². The zero-order chi connectivity index (χ0) is 8.97. The molecule has 4 heteroatoms. The molecule has 0 saturated carbocycles. The van der Waals surface area contributed by atoms with Gasteiger partial charge >= 0.3 is 5.97 Å². The fraction of sp³-hybridized carbons (Fsp3) is 0.250. The lowest BCUT2D eigenvalue weighted by atomic mass is 9.74. The van der Waals surface area contributed by atoms with Gasteiger partial charge in [0.2, 0.25) is 0 Å². The van der Waals surface area contributed by atoms with Crippen LogP contribution in [0.15, 0.2) is 18.3 Å². The molecule has 3 nitrogen and oxygen atoms in total. The van der Waals surface area contributed by atoms with E-state index < -0.39 is 5.97 Å². The molecule has 61 valence electrons. The maximum absolute atomic E-state index is 10.9. The fourth-order valence-corrected chi connectivity index (χ4v) is 0.801. The van der Waals surface area contributed by atoms with Crippen LogP contribution in [-0.4, -0.2) is 25.3 Å². The first kappa shape index (κ1) is 8.78. The summed E-state index contributed by atoms with van der Waals surface area (Å²) in [5.41, 5.74) is 1.32. The Morgan fingerprint density at radius 2 is 2.33 bits per heavy atom. The molecule has 1 heterocycles. The van der Waals surface area contributed by atoms with E-state index in [9.17, 15) is 4.79 Å². The summed E-state index contributed by atoms with van der Waals surface area (Å²) in [7, 11) is 3.25. The van der Waals surface area contributed by atoms with Gasteiger partial charge in [-0.25, -0.2) is 9.78 Å². The lowest BCUT2D eigenvalue weighted by molar-refractivity contribution is 0.0594. The molecule has 0 aliphatic heterocycles. The number of pyridine rings is 1. The number of hydrogen-bond donors (Lipinski definition) is 0. The van der Waals surface area contributed by atoms with Crippen molar-refractivity contribution in [3.63, 3.8) is 0 Å². The first-order valence-electron chi connectivity index (χ1n) is 3.61. The number of hydrogen-bond acceptors (Lipinski definition) is 3. The third kappa shape index (κ3) is 1.84. The van der Waals surface area contributed by atoms with Crippen LogP contribution in [0.3, 0.4) is 0 Å². The molecule has 0 aromatic carbocycles. The number of esters is 1. The van der Waals surface area contributed by atoms with Crippen molar-refractivity contribution in [2.45, 2.75) is 6.82 Å². The average Bonchev–Trinajstić information content (AvgIpc) is 2.17. The van der Waals surface area contributed by atoms with Gasteiger partial charge in [0, 0.05) is 6.20 Å². The molecule has 0 atom stereocenters. The molecule has 0 aliphatic carbocycles. The zero-order valence-corrected chi connectivity index (χ0v) is 7.07. The summed E-state index contributed by atoms with van der Waals surface area (Å²) in [5.74, 6) is -0.405. The molecule has 1 rings (SSSR count). The first-order chi connectivity index (χ1) is 5.77. The molecule has 12 heavy (non-hydrogen) atoms. The number of ether oxygens (including phenoxy) is 1. The van der Waals surface area contributed by atoms with E-state index in [1.807, 2.05) is 20.2 Å². The molecular formula is C8H9BNO2. The van der Waals surface area contributed by atoms with Gasteiger partial charge in [0.15, 0.2) is 0 Å². The Morgan fingerprint density at radius 1 is 1.58 bits per heavy atom. The van der Waals surface area contributed by atoms with Gasteiger partial charge in [-0.15, -0.1) is 0 Å². The van der Waals surface area contributed by atoms with Crippen LogP contribution in [0.2, 0.25) is 6.82 Å². The molecule has 0 aliphatic rings. The predicted molar refractivity (Wildman–Crippen MR) is 46.8 cm³/mol. The zero-order valence-electron chi connectivity index (χ0n) is 7.07. The molecule has 0 spiro atoms. The maximum atomic E-state index is 10.9. The number of aromatic nitrogens is 1. The van der Waals surface area contributed by atoms with Crippen LogP contribution in [-0.2, 0) is 4.74 Å². The van der Waals surface area contributed by atoms with Gasteiger partial charge in [-0.1, -0.05) is 18.4 Å². The lowest BCUT2D eigenvalue weighted by Gasteiger charge is -1.98. The molecule has 0 bridgehead atoms. The second kappa shape index (κ2) is 3.90. The van der Waals surface area contributed by atoms with Crippen molar-refractivity contribution in [3.05, 3.63) is 24.0 Å². The monoisotopic (exact) mass is 162 g/mol. The van der Waals surface area contributed by atoms with Gasteiger partial charge in [0.25, 0.3) is 0 Å². The van der Waals surface area contributed by atoms with E-state index in [0.717, 1.165) is 5.46 Å². The van der Waals surface area contributed by atoms with Crippen LogP contribution < -0.4 is 5.46 Å². The second-order valence-electron chi connectivity index (χ2n) is 2.26. The lowest BCUT2D eigenvalue weighted by Crippen LogP contribution is -2.13. The highest BCUT2D eigenvalue weighted by Crippen LogP contribution is 1.93. The number of carbonyl (C=O) groups excluding carboxylic acids is 1. The van der Waals surface area contributed by atoms with E-state index in [0.29, 0.717) is 5.69 Å². The normalized spacial score (nSPS) is 9.17. The van der Waals surface area contributed by atoms with Crippen molar-refractivity contribution in [3.8, 4) is 0 Å². The predicted octanol–water partition coefficient (Wildman–Crippen LogP) is 0.246. The molecule has 1 aromatic rings. The minimum Gasteiger partial charge on any atom is -0.464 e. The largest absolute Gasteiger partial charge is 0.464 e. The van der Waals surface area contributed by atoms with Crippen LogP contribution in [0.5, 0.6) is 0 Å².